The summed E-state index contributed by atoms with van der Waals surface area (Å²) in [4.78, 5) is 20.2. The van der Waals surface area contributed by atoms with E-state index < -0.39 is 5.60 Å². The van der Waals surface area contributed by atoms with Crippen molar-refractivity contribution >= 4 is 11.9 Å². The number of aromatic nitrogens is 1. The van der Waals surface area contributed by atoms with Gasteiger partial charge in [0.2, 0.25) is 0 Å². The quantitative estimate of drug-likeness (QED) is 0.859. The first-order valence-electron chi connectivity index (χ1n) is 7.16. The molecule has 1 amide bonds. The first-order valence-corrected chi connectivity index (χ1v) is 7.16. The number of hydrogen-bond donors (Lipinski definition) is 1. The van der Waals surface area contributed by atoms with Crippen LogP contribution in [0, 0.1) is 6.92 Å². The number of nitrogens with zero attached hydrogens (tertiary/aromatic N) is 3. The molecule has 1 N–H and O–H groups in total. The molecule has 2 rings (SSSR count). The Bertz CT molecular complexity index is 517. The highest BCUT2D eigenvalue weighted by Gasteiger charge is 2.26. The van der Waals surface area contributed by atoms with Gasteiger partial charge in [0.15, 0.2) is 0 Å². The van der Waals surface area contributed by atoms with Gasteiger partial charge in [-0.25, -0.2) is 9.78 Å². The molecule has 116 valence electrons. The molecule has 0 spiro atoms. The van der Waals surface area contributed by atoms with Crippen molar-refractivity contribution in [1.82, 2.24) is 9.88 Å². The second kappa shape index (κ2) is 5.79. The fourth-order valence-corrected chi connectivity index (χ4v) is 2.16. The Morgan fingerprint density at radius 1 is 1.24 bits per heavy atom. The number of aromatic hydroxyl groups is 1. The van der Waals surface area contributed by atoms with Crippen LogP contribution in [0.15, 0.2) is 12.1 Å². The highest BCUT2D eigenvalue weighted by atomic mass is 16.6. The zero-order chi connectivity index (χ0) is 15.6. The molecule has 6 heteroatoms. The zero-order valence-electron chi connectivity index (χ0n) is 13.1. The molecular formula is C15H23N3O3. The van der Waals surface area contributed by atoms with Gasteiger partial charge in [-0.2, -0.15) is 0 Å². The van der Waals surface area contributed by atoms with E-state index in [2.05, 4.69) is 9.88 Å². The Morgan fingerprint density at radius 2 is 1.86 bits per heavy atom. The lowest BCUT2D eigenvalue weighted by Crippen LogP contribution is -2.50. The van der Waals surface area contributed by atoms with E-state index in [4.69, 9.17) is 4.74 Å². The minimum Gasteiger partial charge on any atom is -0.506 e. The van der Waals surface area contributed by atoms with Gasteiger partial charge >= 0.3 is 6.09 Å². The largest absolute Gasteiger partial charge is 0.506 e. The predicted molar refractivity (Wildman–Crippen MR) is 80.7 cm³/mol. The molecule has 0 atom stereocenters. The number of carbonyl (C=O) groups excluding carboxylic acids is 1. The lowest BCUT2D eigenvalue weighted by atomic mass is 10.2. The average Bonchev–Trinajstić information content (AvgIpc) is 2.40. The minimum atomic E-state index is -0.468. The number of carbonyl (C=O) groups is 1. The van der Waals surface area contributed by atoms with Crippen LogP contribution in [-0.2, 0) is 4.74 Å². The van der Waals surface area contributed by atoms with Crippen molar-refractivity contribution in [3.63, 3.8) is 0 Å². The highest BCUT2D eigenvalue weighted by Crippen LogP contribution is 2.20. The standard InChI is InChI=1S/C15H23N3O3/c1-11-12(19)5-6-13(16-11)17-7-9-18(10-8-17)14(20)21-15(2,3)4/h5-6,19H,7-10H2,1-4H3. The fourth-order valence-electron chi connectivity index (χ4n) is 2.16. The van der Waals surface area contributed by atoms with E-state index in [0.29, 0.717) is 31.9 Å². The lowest BCUT2D eigenvalue weighted by Gasteiger charge is -2.36. The molecule has 0 unspecified atom stereocenters. The van der Waals surface area contributed by atoms with Gasteiger partial charge in [0.1, 0.15) is 17.2 Å². The van der Waals surface area contributed by atoms with E-state index in [0.717, 1.165) is 5.82 Å². The topological polar surface area (TPSA) is 65.9 Å². The van der Waals surface area contributed by atoms with E-state index in [-0.39, 0.29) is 11.8 Å². The van der Waals surface area contributed by atoms with Crippen LogP contribution >= 0.6 is 0 Å². The normalized spacial score (nSPS) is 16.0. The molecule has 1 aliphatic rings. The summed E-state index contributed by atoms with van der Waals surface area (Å²) >= 11 is 0. The molecular weight excluding hydrogens is 270 g/mol. The molecule has 0 aromatic carbocycles. The molecule has 21 heavy (non-hydrogen) atoms. The van der Waals surface area contributed by atoms with Crippen LogP contribution in [0.1, 0.15) is 26.5 Å². The Hall–Kier alpha value is -1.98. The van der Waals surface area contributed by atoms with Gasteiger partial charge in [0.25, 0.3) is 0 Å². The summed E-state index contributed by atoms with van der Waals surface area (Å²) in [5.41, 5.74) is 0.145. The van der Waals surface area contributed by atoms with Crippen molar-refractivity contribution in [2.45, 2.75) is 33.3 Å². The number of anilines is 1. The van der Waals surface area contributed by atoms with Crippen molar-refractivity contribution in [1.29, 1.82) is 0 Å². The van der Waals surface area contributed by atoms with Gasteiger partial charge in [0.05, 0.1) is 5.69 Å². The third-order valence-corrected chi connectivity index (χ3v) is 3.30. The van der Waals surface area contributed by atoms with Crippen LogP contribution in [0.4, 0.5) is 10.6 Å². The summed E-state index contributed by atoms with van der Waals surface area (Å²) in [7, 11) is 0. The van der Waals surface area contributed by atoms with Crippen molar-refractivity contribution in [2.75, 3.05) is 31.1 Å². The van der Waals surface area contributed by atoms with Crippen LogP contribution < -0.4 is 4.90 Å². The first kappa shape index (κ1) is 15.4. The summed E-state index contributed by atoms with van der Waals surface area (Å²) in [6, 6.07) is 3.45. The Morgan fingerprint density at radius 3 is 2.38 bits per heavy atom. The number of aryl methyl sites for hydroxylation is 1. The van der Waals surface area contributed by atoms with Gasteiger partial charge in [-0.15, -0.1) is 0 Å². The molecule has 6 nitrogen and oxygen atoms in total. The molecule has 0 saturated carbocycles. The number of ether oxygens (including phenoxy) is 1. The Kier molecular flexibility index (Phi) is 4.25. The maximum absolute atomic E-state index is 12.0. The summed E-state index contributed by atoms with van der Waals surface area (Å²) in [6.45, 7) is 9.99. The Labute approximate surface area is 125 Å². The van der Waals surface area contributed by atoms with Crippen LogP contribution in [0.3, 0.4) is 0 Å². The van der Waals surface area contributed by atoms with Crippen LogP contribution in [0.25, 0.3) is 0 Å². The highest BCUT2D eigenvalue weighted by molar-refractivity contribution is 5.68. The summed E-state index contributed by atoms with van der Waals surface area (Å²) in [5, 5.41) is 9.51. The third kappa shape index (κ3) is 4.00. The zero-order valence-corrected chi connectivity index (χ0v) is 13.1. The summed E-state index contributed by atoms with van der Waals surface area (Å²) in [6.07, 6.45) is -0.267. The van der Waals surface area contributed by atoms with Crippen LogP contribution in [0.5, 0.6) is 5.75 Å². The van der Waals surface area contributed by atoms with Gasteiger partial charge in [-0.3, -0.25) is 0 Å². The molecule has 0 bridgehead atoms. The summed E-state index contributed by atoms with van der Waals surface area (Å²) in [5.74, 6) is 1.03. The minimum absolute atomic E-state index is 0.200. The third-order valence-electron chi connectivity index (χ3n) is 3.30. The molecule has 0 radical (unpaired) electrons. The maximum atomic E-state index is 12.0. The fraction of sp³-hybridized carbons (Fsp3) is 0.600. The van der Waals surface area contributed by atoms with E-state index in [1.165, 1.54) is 0 Å². The molecule has 1 aromatic heterocycles. The van der Waals surface area contributed by atoms with Crippen molar-refractivity contribution in [3.8, 4) is 5.75 Å². The number of amides is 1. The van der Waals surface area contributed by atoms with E-state index in [1.807, 2.05) is 20.8 Å². The van der Waals surface area contributed by atoms with Gasteiger partial charge in [0, 0.05) is 26.2 Å². The second-order valence-electron chi connectivity index (χ2n) is 6.23. The lowest BCUT2D eigenvalue weighted by molar-refractivity contribution is 0.0240. The van der Waals surface area contributed by atoms with E-state index in [1.54, 1.807) is 24.0 Å². The summed E-state index contributed by atoms with van der Waals surface area (Å²) < 4.78 is 5.37. The Balaban J connectivity index is 1.94. The van der Waals surface area contributed by atoms with Gasteiger partial charge in [-0.1, -0.05) is 0 Å². The van der Waals surface area contributed by atoms with Crippen LogP contribution in [-0.4, -0.2) is 52.9 Å². The molecule has 1 saturated heterocycles. The van der Waals surface area contributed by atoms with E-state index >= 15 is 0 Å². The smallest absolute Gasteiger partial charge is 0.410 e. The second-order valence-corrected chi connectivity index (χ2v) is 6.23. The number of pyridine rings is 1. The van der Waals surface area contributed by atoms with Crippen molar-refractivity contribution in [2.24, 2.45) is 0 Å². The van der Waals surface area contributed by atoms with E-state index in [9.17, 15) is 9.90 Å². The SMILES string of the molecule is Cc1nc(N2CCN(C(=O)OC(C)(C)C)CC2)ccc1O. The predicted octanol–water partition coefficient (Wildman–Crippen LogP) is 2.15. The van der Waals surface area contributed by atoms with Crippen molar-refractivity contribution < 1.29 is 14.6 Å². The molecule has 2 heterocycles. The van der Waals surface area contributed by atoms with Crippen molar-refractivity contribution in [3.05, 3.63) is 17.8 Å². The monoisotopic (exact) mass is 293 g/mol. The molecule has 1 aromatic rings. The van der Waals surface area contributed by atoms with Gasteiger partial charge < -0.3 is 19.6 Å². The molecule has 1 aliphatic heterocycles. The average molecular weight is 293 g/mol. The van der Waals surface area contributed by atoms with Gasteiger partial charge in [-0.05, 0) is 39.8 Å². The molecule has 1 fully saturated rings. The van der Waals surface area contributed by atoms with Crippen LogP contribution in [0.2, 0.25) is 0 Å². The number of hydrogen-bond acceptors (Lipinski definition) is 5. The first-order chi connectivity index (χ1) is 9.76. The maximum Gasteiger partial charge on any atom is 0.410 e. The number of piperazine rings is 1. The molecule has 0 aliphatic carbocycles. The number of rotatable bonds is 1.